The van der Waals surface area contributed by atoms with Gasteiger partial charge in [0, 0.05) is 12.1 Å². The van der Waals surface area contributed by atoms with Gasteiger partial charge >= 0.3 is 5.97 Å². The normalized spacial score (nSPS) is 11.0. The van der Waals surface area contributed by atoms with Crippen molar-refractivity contribution in [1.29, 1.82) is 0 Å². The molecule has 20 heavy (non-hydrogen) atoms. The van der Waals surface area contributed by atoms with Crippen LogP contribution >= 0.6 is 0 Å². The maximum atomic E-state index is 11.9. The Hall–Kier alpha value is -1.84. The average molecular weight is 277 g/mol. The van der Waals surface area contributed by atoms with E-state index in [9.17, 15) is 9.59 Å². The topological polar surface area (TPSA) is 55.4 Å². The number of hydrogen-bond donors (Lipinski definition) is 1. The van der Waals surface area contributed by atoms with Crippen molar-refractivity contribution in [3.8, 4) is 0 Å². The summed E-state index contributed by atoms with van der Waals surface area (Å²) in [5.74, 6) is -0.467. The van der Waals surface area contributed by atoms with Gasteiger partial charge < -0.3 is 10.1 Å². The first-order valence-electron chi connectivity index (χ1n) is 6.89. The third kappa shape index (κ3) is 5.03. The first-order chi connectivity index (χ1) is 9.34. The van der Waals surface area contributed by atoms with E-state index in [0.29, 0.717) is 18.7 Å². The standard InChI is InChI=1S/C16H23NO3/c1-5-20-14(18)10-11-17-15(19)12-6-8-13(9-7-12)16(2,3)4/h6-9H,5,10-11H2,1-4H3,(H,17,19). The molecule has 1 N–H and O–H groups in total. The molecular formula is C16H23NO3. The number of hydrogen-bond acceptors (Lipinski definition) is 3. The molecule has 0 spiro atoms. The van der Waals surface area contributed by atoms with Crippen molar-refractivity contribution in [2.75, 3.05) is 13.2 Å². The lowest BCUT2D eigenvalue weighted by Gasteiger charge is -2.19. The predicted octanol–water partition coefficient (Wildman–Crippen LogP) is 2.67. The minimum atomic E-state index is -0.295. The monoisotopic (exact) mass is 277 g/mol. The summed E-state index contributed by atoms with van der Waals surface area (Å²) >= 11 is 0. The van der Waals surface area contributed by atoms with Crippen LogP contribution in [0.3, 0.4) is 0 Å². The molecule has 1 amide bonds. The second kappa shape index (κ2) is 7.08. The first-order valence-corrected chi connectivity index (χ1v) is 6.89. The Labute approximate surface area is 120 Å². The second-order valence-corrected chi connectivity index (χ2v) is 5.64. The van der Waals surface area contributed by atoms with Gasteiger partial charge in [-0.15, -0.1) is 0 Å². The molecule has 0 fully saturated rings. The highest BCUT2D eigenvalue weighted by Crippen LogP contribution is 2.22. The van der Waals surface area contributed by atoms with Gasteiger partial charge in [0.15, 0.2) is 0 Å². The van der Waals surface area contributed by atoms with Crippen molar-refractivity contribution < 1.29 is 14.3 Å². The summed E-state index contributed by atoms with van der Waals surface area (Å²) in [6.07, 6.45) is 0.194. The van der Waals surface area contributed by atoms with Crippen molar-refractivity contribution in [3.63, 3.8) is 0 Å². The lowest BCUT2D eigenvalue weighted by Crippen LogP contribution is -2.26. The molecule has 1 rings (SSSR count). The highest BCUT2D eigenvalue weighted by molar-refractivity contribution is 5.94. The van der Waals surface area contributed by atoms with Crippen LogP contribution in [0.25, 0.3) is 0 Å². The number of benzene rings is 1. The van der Waals surface area contributed by atoms with Crippen LogP contribution in [-0.4, -0.2) is 25.0 Å². The van der Waals surface area contributed by atoms with Crippen LogP contribution in [0, 0.1) is 0 Å². The molecule has 0 aliphatic heterocycles. The third-order valence-corrected chi connectivity index (χ3v) is 2.93. The Morgan fingerprint density at radius 1 is 1.15 bits per heavy atom. The zero-order valence-corrected chi connectivity index (χ0v) is 12.7. The highest BCUT2D eigenvalue weighted by Gasteiger charge is 2.14. The van der Waals surface area contributed by atoms with Crippen LogP contribution in [0.5, 0.6) is 0 Å². The van der Waals surface area contributed by atoms with Gasteiger partial charge in [-0.3, -0.25) is 9.59 Å². The second-order valence-electron chi connectivity index (χ2n) is 5.64. The number of nitrogens with one attached hydrogen (secondary N) is 1. The van der Waals surface area contributed by atoms with Gasteiger partial charge in [0.05, 0.1) is 13.0 Å². The minimum absolute atomic E-state index is 0.0684. The number of carbonyl (C=O) groups excluding carboxylic acids is 2. The number of ether oxygens (including phenoxy) is 1. The third-order valence-electron chi connectivity index (χ3n) is 2.93. The molecule has 0 atom stereocenters. The fourth-order valence-corrected chi connectivity index (χ4v) is 1.73. The van der Waals surface area contributed by atoms with E-state index < -0.39 is 0 Å². The summed E-state index contributed by atoms with van der Waals surface area (Å²) in [6, 6.07) is 7.53. The molecule has 0 aliphatic rings. The number of amides is 1. The molecule has 1 aromatic carbocycles. The largest absolute Gasteiger partial charge is 0.466 e. The highest BCUT2D eigenvalue weighted by atomic mass is 16.5. The van der Waals surface area contributed by atoms with Crippen molar-refractivity contribution in [1.82, 2.24) is 5.32 Å². The van der Waals surface area contributed by atoms with E-state index in [0.717, 1.165) is 0 Å². The Bertz CT molecular complexity index is 458. The van der Waals surface area contributed by atoms with Crippen LogP contribution < -0.4 is 5.32 Å². The Morgan fingerprint density at radius 2 is 1.75 bits per heavy atom. The van der Waals surface area contributed by atoms with E-state index in [-0.39, 0.29) is 23.7 Å². The van der Waals surface area contributed by atoms with E-state index in [1.165, 1.54) is 5.56 Å². The molecule has 0 aromatic heterocycles. The predicted molar refractivity (Wildman–Crippen MR) is 78.7 cm³/mol. The molecule has 0 saturated heterocycles. The molecule has 0 aliphatic carbocycles. The molecule has 0 radical (unpaired) electrons. The maximum Gasteiger partial charge on any atom is 0.307 e. The van der Waals surface area contributed by atoms with E-state index in [4.69, 9.17) is 4.74 Å². The zero-order valence-electron chi connectivity index (χ0n) is 12.7. The Morgan fingerprint density at radius 3 is 2.25 bits per heavy atom. The summed E-state index contributed by atoms with van der Waals surface area (Å²) in [6.45, 7) is 8.79. The Kier molecular flexibility index (Phi) is 5.74. The minimum Gasteiger partial charge on any atom is -0.466 e. The maximum absolute atomic E-state index is 11.9. The van der Waals surface area contributed by atoms with Crippen LogP contribution in [0.15, 0.2) is 24.3 Å². The lowest BCUT2D eigenvalue weighted by atomic mass is 9.87. The van der Waals surface area contributed by atoms with Gasteiger partial charge in [-0.1, -0.05) is 32.9 Å². The fourth-order valence-electron chi connectivity index (χ4n) is 1.73. The van der Waals surface area contributed by atoms with Gasteiger partial charge in [-0.25, -0.2) is 0 Å². The van der Waals surface area contributed by atoms with Gasteiger partial charge in [-0.05, 0) is 30.0 Å². The fraction of sp³-hybridized carbons (Fsp3) is 0.500. The molecule has 4 heteroatoms. The quantitative estimate of drug-likeness (QED) is 0.842. The molecule has 1 aromatic rings. The summed E-state index contributed by atoms with van der Waals surface area (Å²) in [7, 11) is 0. The molecule has 0 heterocycles. The number of esters is 1. The molecule has 0 unspecified atom stereocenters. The van der Waals surface area contributed by atoms with E-state index in [1.54, 1.807) is 19.1 Å². The Balaban J connectivity index is 2.50. The van der Waals surface area contributed by atoms with Crippen LogP contribution in [-0.2, 0) is 14.9 Å². The summed E-state index contributed by atoms with van der Waals surface area (Å²) < 4.78 is 4.79. The van der Waals surface area contributed by atoms with Crippen molar-refractivity contribution >= 4 is 11.9 Å². The number of carbonyl (C=O) groups is 2. The van der Waals surface area contributed by atoms with E-state index >= 15 is 0 Å². The van der Waals surface area contributed by atoms with Crippen molar-refractivity contribution in [2.45, 2.75) is 39.5 Å². The molecule has 110 valence electrons. The van der Waals surface area contributed by atoms with Gasteiger partial charge in [0.2, 0.25) is 0 Å². The first kappa shape index (κ1) is 16.2. The molecule has 0 saturated carbocycles. The van der Waals surface area contributed by atoms with Gasteiger partial charge in [0.1, 0.15) is 0 Å². The van der Waals surface area contributed by atoms with Crippen molar-refractivity contribution in [2.24, 2.45) is 0 Å². The summed E-state index contributed by atoms with van der Waals surface area (Å²) in [5.41, 5.74) is 1.85. The molecular weight excluding hydrogens is 254 g/mol. The SMILES string of the molecule is CCOC(=O)CCNC(=O)c1ccc(C(C)(C)C)cc1. The molecule has 4 nitrogen and oxygen atoms in total. The van der Waals surface area contributed by atoms with Crippen molar-refractivity contribution in [3.05, 3.63) is 35.4 Å². The average Bonchev–Trinajstić information content (AvgIpc) is 2.38. The summed E-state index contributed by atoms with van der Waals surface area (Å²) in [5, 5.41) is 2.71. The van der Waals surface area contributed by atoms with Gasteiger partial charge in [0.25, 0.3) is 5.91 Å². The lowest BCUT2D eigenvalue weighted by molar-refractivity contribution is -0.142. The van der Waals surface area contributed by atoms with Gasteiger partial charge in [-0.2, -0.15) is 0 Å². The van der Waals surface area contributed by atoms with Crippen LogP contribution in [0.1, 0.15) is 50.0 Å². The number of rotatable bonds is 5. The molecule has 0 bridgehead atoms. The zero-order chi connectivity index (χ0) is 15.2. The van der Waals surface area contributed by atoms with Crippen LogP contribution in [0.2, 0.25) is 0 Å². The van der Waals surface area contributed by atoms with E-state index in [2.05, 4.69) is 26.1 Å². The smallest absolute Gasteiger partial charge is 0.307 e. The summed E-state index contributed by atoms with van der Waals surface area (Å²) in [4.78, 5) is 23.0. The van der Waals surface area contributed by atoms with Crippen LogP contribution in [0.4, 0.5) is 0 Å². The van der Waals surface area contributed by atoms with E-state index in [1.807, 2.05) is 12.1 Å².